The second kappa shape index (κ2) is 2.53. The lowest BCUT2D eigenvalue weighted by Gasteiger charge is -2.02. The van der Waals surface area contributed by atoms with Crippen LogP contribution in [0.3, 0.4) is 0 Å². The molecule has 0 amide bonds. The van der Waals surface area contributed by atoms with Gasteiger partial charge in [0.1, 0.15) is 5.75 Å². The van der Waals surface area contributed by atoms with Crippen LogP contribution in [0.1, 0.15) is 16.7 Å². The Kier molecular flexibility index (Phi) is 1.51. The lowest BCUT2D eigenvalue weighted by atomic mass is 10.0. The van der Waals surface area contributed by atoms with E-state index < -0.39 is 0 Å². The fourth-order valence-corrected chi connectivity index (χ4v) is 1.55. The molecule has 2 nitrogen and oxygen atoms in total. The second-order valence-electron chi connectivity index (χ2n) is 2.94. The first-order valence-corrected chi connectivity index (χ1v) is 3.98. The van der Waals surface area contributed by atoms with Crippen molar-refractivity contribution < 1.29 is 4.74 Å². The Morgan fingerprint density at radius 1 is 1.50 bits per heavy atom. The van der Waals surface area contributed by atoms with Gasteiger partial charge >= 0.3 is 0 Å². The number of fused-ring (bicyclic) bond motifs is 1. The van der Waals surface area contributed by atoms with Crippen molar-refractivity contribution in [1.82, 2.24) is 0 Å². The molecular formula is C10H9NO. The Bertz CT molecular complexity index is 363. The molecular weight excluding hydrogens is 150 g/mol. The molecule has 2 rings (SSSR count). The maximum atomic E-state index is 8.88. The summed E-state index contributed by atoms with van der Waals surface area (Å²) in [5.41, 5.74) is 2.92. The van der Waals surface area contributed by atoms with Crippen LogP contribution in [0.25, 0.3) is 0 Å². The molecule has 0 unspecified atom stereocenters. The van der Waals surface area contributed by atoms with E-state index in [0.717, 1.165) is 28.9 Å². The summed E-state index contributed by atoms with van der Waals surface area (Å²) in [6.45, 7) is 2.67. The zero-order chi connectivity index (χ0) is 8.55. The zero-order valence-electron chi connectivity index (χ0n) is 6.92. The number of aryl methyl sites for hydroxylation is 1. The molecule has 0 saturated heterocycles. The molecule has 0 aromatic heterocycles. The first kappa shape index (κ1) is 7.17. The minimum atomic E-state index is 0.716. The van der Waals surface area contributed by atoms with Gasteiger partial charge in [0.25, 0.3) is 0 Å². The number of nitriles is 1. The van der Waals surface area contributed by atoms with Gasteiger partial charge in [-0.1, -0.05) is 6.07 Å². The van der Waals surface area contributed by atoms with Crippen molar-refractivity contribution in [1.29, 1.82) is 5.26 Å². The molecule has 0 atom stereocenters. The minimum Gasteiger partial charge on any atom is -0.493 e. The monoisotopic (exact) mass is 159 g/mol. The van der Waals surface area contributed by atoms with Gasteiger partial charge in [-0.3, -0.25) is 0 Å². The Balaban J connectivity index is 2.67. The van der Waals surface area contributed by atoms with E-state index in [9.17, 15) is 0 Å². The molecule has 2 heteroatoms. The van der Waals surface area contributed by atoms with Crippen molar-refractivity contribution in [3.8, 4) is 11.8 Å². The van der Waals surface area contributed by atoms with Gasteiger partial charge < -0.3 is 4.74 Å². The predicted molar refractivity (Wildman–Crippen MR) is 45.1 cm³/mol. The third kappa shape index (κ3) is 0.868. The molecule has 1 aromatic rings. The van der Waals surface area contributed by atoms with Crippen LogP contribution < -0.4 is 4.74 Å². The van der Waals surface area contributed by atoms with E-state index >= 15 is 0 Å². The summed E-state index contributed by atoms with van der Waals surface area (Å²) in [4.78, 5) is 0. The largest absolute Gasteiger partial charge is 0.493 e. The average molecular weight is 159 g/mol. The van der Waals surface area contributed by atoms with Crippen molar-refractivity contribution >= 4 is 0 Å². The van der Waals surface area contributed by atoms with E-state index in [1.165, 1.54) is 0 Å². The number of nitrogens with zero attached hydrogens (tertiary/aromatic N) is 1. The van der Waals surface area contributed by atoms with E-state index in [2.05, 4.69) is 6.07 Å². The van der Waals surface area contributed by atoms with Gasteiger partial charge in [0.15, 0.2) is 0 Å². The number of benzene rings is 1. The summed E-state index contributed by atoms with van der Waals surface area (Å²) in [7, 11) is 0. The SMILES string of the molecule is Cc1ccc2c(c1C#N)CCO2. The molecule has 60 valence electrons. The zero-order valence-corrected chi connectivity index (χ0v) is 6.92. The van der Waals surface area contributed by atoms with Crippen molar-refractivity contribution in [3.05, 3.63) is 28.8 Å². The topological polar surface area (TPSA) is 33.0 Å². The highest BCUT2D eigenvalue weighted by atomic mass is 16.5. The number of rotatable bonds is 0. The summed E-state index contributed by atoms with van der Waals surface area (Å²) < 4.78 is 5.34. The Morgan fingerprint density at radius 2 is 2.33 bits per heavy atom. The van der Waals surface area contributed by atoms with Crippen molar-refractivity contribution in [2.45, 2.75) is 13.3 Å². The summed E-state index contributed by atoms with van der Waals surface area (Å²) in [5, 5.41) is 8.88. The first-order chi connectivity index (χ1) is 5.83. The highest BCUT2D eigenvalue weighted by Gasteiger charge is 2.16. The van der Waals surface area contributed by atoms with Crippen molar-refractivity contribution in [2.75, 3.05) is 6.61 Å². The van der Waals surface area contributed by atoms with Gasteiger partial charge in [0, 0.05) is 12.0 Å². The van der Waals surface area contributed by atoms with Gasteiger partial charge in [-0.2, -0.15) is 5.26 Å². The third-order valence-electron chi connectivity index (χ3n) is 2.20. The molecule has 1 aliphatic rings. The van der Waals surface area contributed by atoms with Gasteiger partial charge in [-0.25, -0.2) is 0 Å². The fourth-order valence-electron chi connectivity index (χ4n) is 1.55. The van der Waals surface area contributed by atoms with Gasteiger partial charge in [0.05, 0.1) is 18.2 Å². The maximum Gasteiger partial charge on any atom is 0.123 e. The molecule has 0 bridgehead atoms. The molecule has 12 heavy (non-hydrogen) atoms. The fraction of sp³-hybridized carbons (Fsp3) is 0.300. The van der Waals surface area contributed by atoms with Gasteiger partial charge in [-0.15, -0.1) is 0 Å². The molecule has 0 fully saturated rings. The van der Waals surface area contributed by atoms with E-state index in [1.54, 1.807) is 0 Å². The number of ether oxygens (including phenoxy) is 1. The molecule has 0 N–H and O–H groups in total. The molecule has 1 heterocycles. The van der Waals surface area contributed by atoms with Crippen LogP contribution in [0.5, 0.6) is 5.75 Å². The quantitative estimate of drug-likeness (QED) is 0.578. The summed E-state index contributed by atoms with van der Waals surface area (Å²) in [6, 6.07) is 6.09. The van der Waals surface area contributed by atoms with Crippen LogP contribution in [0, 0.1) is 18.3 Å². The molecule has 0 radical (unpaired) electrons. The van der Waals surface area contributed by atoms with Crippen LogP contribution in [-0.4, -0.2) is 6.61 Å². The van der Waals surface area contributed by atoms with Crippen LogP contribution in [0.4, 0.5) is 0 Å². The molecule has 1 aromatic carbocycles. The van der Waals surface area contributed by atoms with E-state index in [0.29, 0.717) is 6.61 Å². The van der Waals surface area contributed by atoms with Crippen LogP contribution in [-0.2, 0) is 6.42 Å². The first-order valence-electron chi connectivity index (χ1n) is 3.98. The van der Waals surface area contributed by atoms with E-state index in [1.807, 2.05) is 19.1 Å². The Morgan fingerprint density at radius 3 is 3.08 bits per heavy atom. The summed E-state index contributed by atoms with van der Waals surface area (Å²) >= 11 is 0. The minimum absolute atomic E-state index is 0.716. The van der Waals surface area contributed by atoms with Gasteiger partial charge in [0.2, 0.25) is 0 Å². The van der Waals surface area contributed by atoms with Gasteiger partial charge in [-0.05, 0) is 18.6 Å². The normalized spacial score (nSPS) is 13.3. The predicted octanol–water partition coefficient (Wildman–Crippen LogP) is 1.80. The average Bonchev–Trinajstić information content (AvgIpc) is 2.52. The number of hydrogen-bond acceptors (Lipinski definition) is 2. The second-order valence-corrected chi connectivity index (χ2v) is 2.94. The lowest BCUT2D eigenvalue weighted by Crippen LogP contribution is -1.89. The maximum absolute atomic E-state index is 8.88. The van der Waals surface area contributed by atoms with Crippen molar-refractivity contribution in [2.24, 2.45) is 0 Å². The molecule has 0 aliphatic carbocycles. The van der Waals surface area contributed by atoms with E-state index in [4.69, 9.17) is 10.00 Å². The highest BCUT2D eigenvalue weighted by molar-refractivity contribution is 5.52. The number of hydrogen-bond donors (Lipinski definition) is 0. The molecule has 0 spiro atoms. The smallest absolute Gasteiger partial charge is 0.123 e. The third-order valence-corrected chi connectivity index (χ3v) is 2.20. The van der Waals surface area contributed by atoms with Crippen molar-refractivity contribution in [3.63, 3.8) is 0 Å². The Labute approximate surface area is 71.4 Å². The summed E-state index contributed by atoms with van der Waals surface area (Å²) in [6.07, 6.45) is 0.875. The Hall–Kier alpha value is -1.49. The molecule has 0 saturated carbocycles. The van der Waals surface area contributed by atoms with Crippen LogP contribution in [0.2, 0.25) is 0 Å². The molecule has 1 aliphatic heterocycles. The lowest BCUT2D eigenvalue weighted by molar-refractivity contribution is 0.357. The van der Waals surface area contributed by atoms with Crippen LogP contribution in [0.15, 0.2) is 12.1 Å². The van der Waals surface area contributed by atoms with E-state index in [-0.39, 0.29) is 0 Å². The highest BCUT2D eigenvalue weighted by Crippen LogP contribution is 2.29. The summed E-state index contributed by atoms with van der Waals surface area (Å²) in [5.74, 6) is 0.886. The standard InChI is InChI=1S/C10H9NO/c1-7-2-3-10-8(4-5-12-10)9(7)6-11/h2-3H,4-5H2,1H3. The van der Waals surface area contributed by atoms with Crippen LogP contribution >= 0.6 is 0 Å².